The standard InChI is InChI=1S/C19H26N2O/c1-3-4-12-21(19(22)15-8-6-5-7-9-15)18-13-16-10-11-17(14-18)20(16)2/h5-9,13,16-17H,3-4,10-12,14H2,1-2H3/p+1/t16-,17-/m1/s1. The van der Waals surface area contributed by atoms with E-state index in [2.05, 4.69) is 24.9 Å². The maximum Gasteiger partial charge on any atom is 0.258 e. The summed E-state index contributed by atoms with van der Waals surface area (Å²) in [6.07, 6.45) is 8.15. The van der Waals surface area contributed by atoms with Gasteiger partial charge in [0.05, 0.1) is 13.1 Å². The molecule has 0 radical (unpaired) electrons. The van der Waals surface area contributed by atoms with E-state index in [4.69, 9.17) is 0 Å². The largest absolute Gasteiger partial charge is 0.329 e. The van der Waals surface area contributed by atoms with Gasteiger partial charge in [0.25, 0.3) is 5.91 Å². The predicted molar refractivity (Wildman–Crippen MR) is 88.8 cm³/mol. The fourth-order valence-corrected chi connectivity index (χ4v) is 3.80. The zero-order chi connectivity index (χ0) is 15.5. The molecule has 3 nitrogen and oxygen atoms in total. The molecule has 2 bridgehead atoms. The highest BCUT2D eigenvalue weighted by atomic mass is 16.2. The quantitative estimate of drug-likeness (QED) is 0.886. The molecule has 0 saturated carbocycles. The number of nitrogens with one attached hydrogen (secondary N) is 1. The van der Waals surface area contributed by atoms with Crippen molar-refractivity contribution in [3.63, 3.8) is 0 Å². The van der Waals surface area contributed by atoms with E-state index in [0.29, 0.717) is 12.1 Å². The molecule has 1 amide bonds. The number of unbranched alkanes of at least 4 members (excludes halogenated alkanes) is 1. The Morgan fingerprint density at radius 2 is 2.05 bits per heavy atom. The normalized spacial score (nSPS) is 26.6. The molecule has 1 unspecified atom stereocenters. The number of carbonyl (C=O) groups excluding carboxylic acids is 1. The minimum absolute atomic E-state index is 0.166. The van der Waals surface area contributed by atoms with Crippen LogP contribution in [0.1, 0.15) is 49.4 Å². The molecule has 1 N–H and O–H groups in total. The number of quaternary nitrogens is 1. The summed E-state index contributed by atoms with van der Waals surface area (Å²) in [6, 6.07) is 11.0. The number of nitrogens with zero attached hydrogens (tertiary/aromatic N) is 1. The first kappa shape index (κ1) is 15.3. The molecule has 1 aromatic rings. The second-order valence-corrected chi connectivity index (χ2v) is 6.66. The number of hydrogen-bond donors (Lipinski definition) is 1. The van der Waals surface area contributed by atoms with Crippen molar-refractivity contribution in [2.45, 2.75) is 51.1 Å². The first-order valence-electron chi connectivity index (χ1n) is 8.61. The predicted octanol–water partition coefficient (Wildman–Crippen LogP) is 2.26. The van der Waals surface area contributed by atoms with Gasteiger partial charge in [0.15, 0.2) is 0 Å². The lowest BCUT2D eigenvalue weighted by molar-refractivity contribution is -0.912. The Labute approximate surface area is 133 Å². The van der Waals surface area contributed by atoms with E-state index < -0.39 is 0 Å². The van der Waals surface area contributed by atoms with E-state index in [1.807, 2.05) is 30.3 Å². The SMILES string of the molecule is CCCCN(C(=O)c1ccccc1)C1=C[C@H]2CC[C@H](C1)[NH+]2C. The molecule has 1 aromatic carbocycles. The smallest absolute Gasteiger partial charge is 0.258 e. The number of amides is 1. The summed E-state index contributed by atoms with van der Waals surface area (Å²) in [5.41, 5.74) is 2.07. The molecular weight excluding hydrogens is 272 g/mol. The summed E-state index contributed by atoms with van der Waals surface area (Å²) in [6.45, 7) is 3.02. The van der Waals surface area contributed by atoms with Gasteiger partial charge in [-0.3, -0.25) is 4.79 Å². The third kappa shape index (κ3) is 2.95. The summed E-state index contributed by atoms with van der Waals surface area (Å²) in [5, 5.41) is 0. The number of carbonyl (C=O) groups is 1. The van der Waals surface area contributed by atoms with Gasteiger partial charge in [-0.1, -0.05) is 31.5 Å². The van der Waals surface area contributed by atoms with E-state index in [1.165, 1.54) is 18.5 Å². The Morgan fingerprint density at radius 3 is 2.73 bits per heavy atom. The van der Waals surface area contributed by atoms with Gasteiger partial charge in [-0.05, 0) is 24.6 Å². The van der Waals surface area contributed by atoms with Crippen LogP contribution in [0.4, 0.5) is 0 Å². The molecule has 2 aliphatic heterocycles. The maximum absolute atomic E-state index is 12.9. The molecule has 2 aliphatic rings. The summed E-state index contributed by atoms with van der Waals surface area (Å²) < 4.78 is 0. The van der Waals surface area contributed by atoms with Crippen LogP contribution in [0, 0.1) is 0 Å². The topological polar surface area (TPSA) is 24.8 Å². The second-order valence-electron chi connectivity index (χ2n) is 6.66. The van der Waals surface area contributed by atoms with Crippen molar-refractivity contribution >= 4 is 5.91 Å². The van der Waals surface area contributed by atoms with Crippen molar-refractivity contribution in [2.75, 3.05) is 13.6 Å². The number of benzene rings is 1. The lowest BCUT2D eigenvalue weighted by Crippen LogP contribution is -3.14. The molecule has 1 fully saturated rings. The van der Waals surface area contributed by atoms with Crippen molar-refractivity contribution in [1.82, 2.24) is 4.90 Å². The fourth-order valence-electron chi connectivity index (χ4n) is 3.80. The van der Waals surface area contributed by atoms with Crippen LogP contribution in [-0.4, -0.2) is 36.5 Å². The van der Waals surface area contributed by atoms with Crippen molar-refractivity contribution < 1.29 is 9.69 Å². The van der Waals surface area contributed by atoms with Gasteiger partial charge in [-0.15, -0.1) is 0 Å². The van der Waals surface area contributed by atoms with Gasteiger partial charge in [0.2, 0.25) is 0 Å². The molecule has 118 valence electrons. The van der Waals surface area contributed by atoms with E-state index in [1.54, 1.807) is 4.90 Å². The number of hydrogen-bond acceptors (Lipinski definition) is 1. The highest BCUT2D eigenvalue weighted by Gasteiger charge is 2.39. The molecule has 0 aliphatic carbocycles. The summed E-state index contributed by atoms with van der Waals surface area (Å²) in [5.74, 6) is 0.166. The van der Waals surface area contributed by atoms with Crippen molar-refractivity contribution in [3.8, 4) is 0 Å². The van der Waals surface area contributed by atoms with Crippen molar-refractivity contribution in [1.29, 1.82) is 0 Å². The molecule has 3 rings (SSSR count). The number of rotatable bonds is 5. The van der Waals surface area contributed by atoms with Gasteiger partial charge >= 0.3 is 0 Å². The van der Waals surface area contributed by atoms with E-state index in [-0.39, 0.29) is 5.91 Å². The van der Waals surface area contributed by atoms with Crippen LogP contribution in [-0.2, 0) is 0 Å². The van der Waals surface area contributed by atoms with Crippen LogP contribution in [0.2, 0.25) is 0 Å². The lowest BCUT2D eigenvalue weighted by atomic mass is 10.0. The van der Waals surface area contributed by atoms with Crippen LogP contribution in [0.25, 0.3) is 0 Å². The molecule has 3 atom stereocenters. The molecule has 1 saturated heterocycles. The van der Waals surface area contributed by atoms with Gasteiger partial charge in [0, 0.05) is 37.1 Å². The van der Waals surface area contributed by atoms with Crippen molar-refractivity contribution in [2.24, 2.45) is 0 Å². The highest BCUT2D eigenvalue weighted by Crippen LogP contribution is 2.26. The molecular formula is C19H27N2O+. The Morgan fingerprint density at radius 1 is 1.27 bits per heavy atom. The first-order valence-corrected chi connectivity index (χ1v) is 8.61. The summed E-state index contributed by atoms with van der Waals surface area (Å²) >= 11 is 0. The van der Waals surface area contributed by atoms with Crippen molar-refractivity contribution in [3.05, 3.63) is 47.7 Å². The van der Waals surface area contributed by atoms with Gasteiger partial charge in [-0.2, -0.15) is 0 Å². The average molecular weight is 299 g/mol. The molecule has 3 heteroatoms. The molecule has 22 heavy (non-hydrogen) atoms. The van der Waals surface area contributed by atoms with Crippen LogP contribution in [0.15, 0.2) is 42.1 Å². The first-order chi connectivity index (χ1) is 10.7. The Hall–Kier alpha value is -1.61. The van der Waals surface area contributed by atoms with E-state index >= 15 is 0 Å². The monoisotopic (exact) mass is 299 g/mol. The number of likely N-dealkylation sites (N-methyl/N-ethyl adjacent to an activating group) is 1. The maximum atomic E-state index is 12.9. The lowest BCUT2D eigenvalue weighted by Gasteiger charge is -2.33. The van der Waals surface area contributed by atoms with Gasteiger partial charge < -0.3 is 9.80 Å². The second kappa shape index (κ2) is 6.66. The zero-order valence-corrected chi connectivity index (χ0v) is 13.7. The summed E-state index contributed by atoms with van der Waals surface area (Å²) in [7, 11) is 2.30. The molecule has 0 aromatic heterocycles. The fraction of sp³-hybridized carbons (Fsp3) is 0.526. The highest BCUT2D eigenvalue weighted by molar-refractivity contribution is 5.95. The van der Waals surface area contributed by atoms with Crippen LogP contribution in [0.3, 0.4) is 0 Å². The van der Waals surface area contributed by atoms with Crippen LogP contribution >= 0.6 is 0 Å². The number of fused-ring (bicyclic) bond motifs is 2. The van der Waals surface area contributed by atoms with Gasteiger partial charge in [0.1, 0.15) is 6.04 Å². The van der Waals surface area contributed by atoms with Gasteiger partial charge in [-0.25, -0.2) is 0 Å². The zero-order valence-electron chi connectivity index (χ0n) is 13.7. The summed E-state index contributed by atoms with van der Waals surface area (Å²) in [4.78, 5) is 16.6. The third-order valence-electron chi connectivity index (χ3n) is 5.25. The van der Waals surface area contributed by atoms with E-state index in [0.717, 1.165) is 31.4 Å². The Kier molecular flexibility index (Phi) is 4.63. The Bertz CT molecular complexity index is 552. The Balaban J connectivity index is 1.84. The minimum atomic E-state index is 0.166. The molecule has 2 heterocycles. The molecule has 0 spiro atoms. The van der Waals surface area contributed by atoms with Crippen LogP contribution < -0.4 is 4.90 Å². The van der Waals surface area contributed by atoms with E-state index in [9.17, 15) is 4.79 Å². The van der Waals surface area contributed by atoms with Crippen LogP contribution in [0.5, 0.6) is 0 Å². The minimum Gasteiger partial charge on any atom is -0.329 e. The third-order valence-corrected chi connectivity index (χ3v) is 5.25. The average Bonchev–Trinajstić information content (AvgIpc) is 2.77.